The highest BCUT2D eigenvalue weighted by Crippen LogP contribution is 2.27. The number of nitrogens with one attached hydrogen (secondary N) is 1. The number of carbonyl (C=O) groups is 2. The monoisotopic (exact) mass is 370 g/mol. The molecule has 6 nitrogen and oxygen atoms in total. The predicted octanol–water partition coefficient (Wildman–Crippen LogP) is 2.08. The van der Waals surface area contributed by atoms with Crippen LogP contribution in [-0.4, -0.2) is 56.4 Å². The van der Waals surface area contributed by atoms with E-state index in [1.54, 1.807) is 26.2 Å². The Morgan fingerprint density at radius 2 is 1.84 bits per heavy atom. The Hall–Kier alpha value is -1.95. The van der Waals surface area contributed by atoms with Gasteiger partial charge in [0.05, 0.1) is 14.2 Å². The lowest BCUT2D eigenvalue weighted by atomic mass is 10.0. The Morgan fingerprint density at radius 3 is 2.36 bits per heavy atom. The molecule has 25 heavy (non-hydrogen) atoms. The standard InChI is InChI=1S/C18H27ClN2O4/c1-12(2)17(20-16(22)11-19)18(23)21(3)9-8-13-6-7-14(24-4)15(10-13)25-5/h6-7,10,12,17H,8-9,11H2,1-5H3,(H,20,22). The summed E-state index contributed by atoms with van der Waals surface area (Å²) < 4.78 is 10.5. The summed E-state index contributed by atoms with van der Waals surface area (Å²) in [4.78, 5) is 25.7. The number of likely N-dealkylation sites (N-methyl/N-ethyl adjacent to an activating group) is 1. The number of methoxy groups -OCH3 is 2. The van der Waals surface area contributed by atoms with Gasteiger partial charge in [0, 0.05) is 13.6 Å². The molecular formula is C18H27ClN2O4. The third-order valence-electron chi connectivity index (χ3n) is 3.93. The molecule has 0 aliphatic heterocycles. The first-order valence-corrected chi connectivity index (χ1v) is 8.68. The molecule has 0 aliphatic rings. The second kappa shape index (κ2) is 10.1. The van der Waals surface area contributed by atoms with Crippen LogP contribution in [-0.2, 0) is 16.0 Å². The van der Waals surface area contributed by atoms with E-state index in [1.807, 2.05) is 32.0 Å². The van der Waals surface area contributed by atoms with Crippen molar-refractivity contribution in [2.75, 3.05) is 33.7 Å². The largest absolute Gasteiger partial charge is 0.493 e. The van der Waals surface area contributed by atoms with E-state index in [-0.39, 0.29) is 23.6 Å². The second-order valence-electron chi connectivity index (χ2n) is 6.12. The van der Waals surface area contributed by atoms with Crippen LogP contribution in [0.1, 0.15) is 19.4 Å². The zero-order chi connectivity index (χ0) is 19.0. The van der Waals surface area contributed by atoms with E-state index in [0.717, 1.165) is 5.56 Å². The molecule has 0 saturated heterocycles. The number of hydrogen-bond acceptors (Lipinski definition) is 4. The van der Waals surface area contributed by atoms with E-state index in [9.17, 15) is 9.59 Å². The molecule has 1 unspecified atom stereocenters. The average Bonchev–Trinajstić information content (AvgIpc) is 2.62. The van der Waals surface area contributed by atoms with Gasteiger partial charge < -0.3 is 19.7 Å². The van der Waals surface area contributed by atoms with Crippen LogP contribution in [0.4, 0.5) is 0 Å². The highest BCUT2D eigenvalue weighted by atomic mass is 35.5. The Labute approximate surface area is 154 Å². The number of halogens is 1. The Kier molecular flexibility index (Phi) is 8.55. The molecule has 7 heteroatoms. The van der Waals surface area contributed by atoms with E-state index in [2.05, 4.69) is 5.32 Å². The van der Waals surface area contributed by atoms with Gasteiger partial charge in [-0.25, -0.2) is 0 Å². The summed E-state index contributed by atoms with van der Waals surface area (Å²) in [5.74, 6) is 0.660. The van der Waals surface area contributed by atoms with E-state index in [4.69, 9.17) is 21.1 Å². The maximum Gasteiger partial charge on any atom is 0.245 e. The number of carbonyl (C=O) groups excluding carboxylic acids is 2. The van der Waals surface area contributed by atoms with Gasteiger partial charge in [0.25, 0.3) is 0 Å². The first-order chi connectivity index (χ1) is 11.8. The molecule has 0 aliphatic carbocycles. The predicted molar refractivity (Wildman–Crippen MR) is 98.4 cm³/mol. The third kappa shape index (κ3) is 6.12. The van der Waals surface area contributed by atoms with Crippen molar-refractivity contribution < 1.29 is 19.1 Å². The van der Waals surface area contributed by atoms with Crippen LogP contribution in [0, 0.1) is 5.92 Å². The lowest BCUT2D eigenvalue weighted by Gasteiger charge is -2.27. The summed E-state index contributed by atoms with van der Waals surface area (Å²) in [5.41, 5.74) is 1.03. The van der Waals surface area contributed by atoms with Gasteiger partial charge in [-0.2, -0.15) is 0 Å². The lowest BCUT2D eigenvalue weighted by Crippen LogP contribution is -2.50. The minimum Gasteiger partial charge on any atom is -0.493 e. The topological polar surface area (TPSA) is 67.9 Å². The molecule has 1 rings (SSSR count). The molecule has 0 spiro atoms. The summed E-state index contributed by atoms with van der Waals surface area (Å²) in [7, 11) is 4.90. The fraction of sp³-hybridized carbons (Fsp3) is 0.556. The minimum atomic E-state index is -0.582. The summed E-state index contributed by atoms with van der Waals surface area (Å²) in [6.07, 6.45) is 0.664. The van der Waals surface area contributed by atoms with E-state index < -0.39 is 6.04 Å². The van der Waals surface area contributed by atoms with Crippen LogP contribution in [0.15, 0.2) is 18.2 Å². The van der Waals surface area contributed by atoms with E-state index in [0.29, 0.717) is 24.5 Å². The molecule has 1 aromatic rings. The number of hydrogen-bond donors (Lipinski definition) is 1. The zero-order valence-corrected chi connectivity index (χ0v) is 16.2. The van der Waals surface area contributed by atoms with Crippen LogP contribution < -0.4 is 14.8 Å². The SMILES string of the molecule is COc1ccc(CCN(C)C(=O)C(NC(=O)CCl)C(C)C)cc1OC. The Balaban J connectivity index is 2.72. The molecule has 0 bridgehead atoms. The number of ether oxygens (including phenoxy) is 2. The van der Waals surface area contributed by atoms with Crippen molar-refractivity contribution in [3.05, 3.63) is 23.8 Å². The smallest absolute Gasteiger partial charge is 0.245 e. The van der Waals surface area contributed by atoms with E-state index in [1.165, 1.54) is 0 Å². The van der Waals surface area contributed by atoms with Gasteiger partial charge in [0.15, 0.2) is 11.5 Å². The molecule has 0 fully saturated rings. The number of rotatable bonds is 9. The maximum absolute atomic E-state index is 12.6. The van der Waals surface area contributed by atoms with Crippen molar-refractivity contribution in [2.24, 2.45) is 5.92 Å². The minimum absolute atomic E-state index is 0.0248. The van der Waals surface area contributed by atoms with Crippen molar-refractivity contribution in [3.8, 4) is 11.5 Å². The number of nitrogens with zero attached hydrogens (tertiary/aromatic N) is 1. The normalized spacial score (nSPS) is 11.8. The summed E-state index contributed by atoms with van der Waals surface area (Å²) in [5, 5.41) is 2.68. The third-order valence-corrected chi connectivity index (χ3v) is 4.17. The van der Waals surface area contributed by atoms with Crippen LogP contribution in [0.3, 0.4) is 0 Å². The molecule has 140 valence electrons. The molecule has 1 N–H and O–H groups in total. The first-order valence-electron chi connectivity index (χ1n) is 8.15. The van der Waals surface area contributed by atoms with Crippen molar-refractivity contribution in [3.63, 3.8) is 0 Å². The Bertz CT molecular complexity index is 592. The molecular weight excluding hydrogens is 344 g/mol. The van der Waals surface area contributed by atoms with E-state index >= 15 is 0 Å². The zero-order valence-electron chi connectivity index (χ0n) is 15.5. The maximum atomic E-state index is 12.6. The molecule has 0 saturated carbocycles. The van der Waals surface area contributed by atoms with Crippen molar-refractivity contribution >= 4 is 23.4 Å². The van der Waals surface area contributed by atoms with Crippen LogP contribution in [0.2, 0.25) is 0 Å². The van der Waals surface area contributed by atoms with Gasteiger partial charge in [0.1, 0.15) is 11.9 Å². The highest BCUT2D eigenvalue weighted by Gasteiger charge is 2.26. The van der Waals surface area contributed by atoms with Crippen molar-refractivity contribution in [1.29, 1.82) is 0 Å². The highest BCUT2D eigenvalue weighted by molar-refractivity contribution is 6.27. The van der Waals surface area contributed by atoms with Crippen LogP contribution in [0.25, 0.3) is 0 Å². The second-order valence-corrected chi connectivity index (χ2v) is 6.39. The van der Waals surface area contributed by atoms with Crippen LogP contribution in [0.5, 0.6) is 11.5 Å². The van der Waals surface area contributed by atoms with Gasteiger partial charge in [-0.1, -0.05) is 19.9 Å². The molecule has 2 amide bonds. The first kappa shape index (κ1) is 21.1. The fourth-order valence-electron chi connectivity index (χ4n) is 2.41. The van der Waals surface area contributed by atoms with Gasteiger partial charge in [-0.05, 0) is 30.0 Å². The number of benzene rings is 1. The fourth-order valence-corrected chi connectivity index (χ4v) is 2.48. The number of amides is 2. The molecule has 0 radical (unpaired) electrons. The molecule has 1 atom stereocenters. The lowest BCUT2D eigenvalue weighted by molar-refractivity contribution is -0.136. The van der Waals surface area contributed by atoms with Crippen molar-refractivity contribution in [2.45, 2.75) is 26.3 Å². The van der Waals surface area contributed by atoms with Gasteiger partial charge in [-0.15, -0.1) is 11.6 Å². The summed E-state index contributed by atoms with van der Waals surface area (Å²) in [6, 6.07) is 5.09. The number of alkyl halides is 1. The van der Waals surface area contributed by atoms with Crippen molar-refractivity contribution in [1.82, 2.24) is 10.2 Å². The molecule has 1 aromatic carbocycles. The molecule has 0 aromatic heterocycles. The van der Waals surface area contributed by atoms with Gasteiger partial charge in [0.2, 0.25) is 11.8 Å². The average molecular weight is 371 g/mol. The Morgan fingerprint density at radius 1 is 1.20 bits per heavy atom. The van der Waals surface area contributed by atoms with Gasteiger partial charge in [-0.3, -0.25) is 9.59 Å². The van der Waals surface area contributed by atoms with Crippen LogP contribution >= 0.6 is 11.6 Å². The quantitative estimate of drug-likeness (QED) is 0.676. The van der Waals surface area contributed by atoms with Gasteiger partial charge >= 0.3 is 0 Å². The summed E-state index contributed by atoms with van der Waals surface area (Å²) >= 11 is 5.52. The summed E-state index contributed by atoms with van der Waals surface area (Å²) in [6.45, 7) is 4.30. The molecule has 0 heterocycles.